The number of carbonyl (C=O) groups is 1. The summed E-state index contributed by atoms with van der Waals surface area (Å²) in [5, 5.41) is 9.86. The number of nitriles is 1. The molecule has 106 valence electrons. The molecule has 0 radical (unpaired) electrons. The van der Waals surface area contributed by atoms with Gasteiger partial charge in [0.1, 0.15) is 11.7 Å². The zero-order chi connectivity index (χ0) is 15.4. The molecular weight excluding hydrogens is 401 g/mol. The summed E-state index contributed by atoms with van der Waals surface area (Å²) < 4.78 is 5.90. The number of rotatable bonds is 4. The first-order valence-electron chi connectivity index (χ1n) is 6.09. The van der Waals surface area contributed by atoms with Gasteiger partial charge in [0, 0.05) is 14.2 Å². The molecule has 1 unspecified atom stereocenters. The second kappa shape index (κ2) is 6.92. The van der Waals surface area contributed by atoms with E-state index in [0.29, 0.717) is 21.9 Å². The van der Waals surface area contributed by atoms with Gasteiger partial charge in [-0.3, -0.25) is 4.79 Å². The Kier molecular flexibility index (Phi) is 5.21. The maximum absolute atomic E-state index is 12.6. The molecule has 0 aliphatic rings. The lowest BCUT2D eigenvalue weighted by atomic mass is 9.92. The number of ketones is 1. The van der Waals surface area contributed by atoms with Crippen molar-refractivity contribution in [1.29, 1.82) is 5.26 Å². The van der Waals surface area contributed by atoms with Gasteiger partial charge in [-0.1, -0.05) is 23.7 Å². The zero-order valence-electron chi connectivity index (χ0n) is 11.1. The average molecular weight is 412 g/mol. The van der Waals surface area contributed by atoms with Crippen LogP contribution in [0.25, 0.3) is 0 Å². The van der Waals surface area contributed by atoms with Crippen LogP contribution >= 0.6 is 34.2 Å². The molecule has 0 N–H and O–H groups in total. The lowest BCUT2D eigenvalue weighted by Crippen LogP contribution is -2.13. The van der Waals surface area contributed by atoms with Crippen LogP contribution in [0.5, 0.6) is 5.75 Å². The van der Waals surface area contributed by atoms with E-state index in [-0.39, 0.29) is 5.78 Å². The van der Waals surface area contributed by atoms with E-state index in [4.69, 9.17) is 16.3 Å². The average Bonchev–Trinajstić information content (AvgIpc) is 2.50. The minimum absolute atomic E-state index is 0.266. The summed E-state index contributed by atoms with van der Waals surface area (Å²) in [6.07, 6.45) is 0. The van der Waals surface area contributed by atoms with Gasteiger partial charge in [0.05, 0.1) is 13.2 Å². The van der Waals surface area contributed by atoms with E-state index in [2.05, 4.69) is 28.7 Å². The summed E-state index contributed by atoms with van der Waals surface area (Å²) >= 11 is 8.01. The molecule has 0 aromatic heterocycles. The monoisotopic (exact) mass is 411 g/mol. The van der Waals surface area contributed by atoms with Crippen molar-refractivity contribution in [3.63, 3.8) is 0 Å². The highest BCUT2D eigenvalue weighted by molar-refractivity contribution is 14.1. The van der Waals surface area contributed by atoms with Gasteiger partial charge in [0.15, 0.2) is 5.78 Å². The highest BCUT2D eigenvalue weighted by Crippen LogP contribution is 2.27. The third kappa shape index (κ3) is 3.55. The Hall–Kier alpha value is -1.58. The van der Waals surface area contributed by atoms with E-state index < -0.39 is 5.92 Å². The predicted molar refractivity (Wildman–Crippen MR) is 89.8 cm³/mol. The highest BCUT2D eigenvalue weighted by Gasteiger charge is 2.24. The Bertz CT molecular complexity index is 724. The van der Waals surface area contributed by atoms with Crippen molar-refractivity contribution in [3.8, 4) is 11.8 Å². The van der Waals surface area contributed by atoms with Crippen molar-refractivity contribution in [1.82, 2.24) is 0 Å². The third-order valence-corrected chi connectivity index (χ3v) is 4.19. The molecule has 2 rings (SSSR count). The van der Waals surface area contributed by atoms with E-state index in [9.17, 15) is 10.1 Å². The molecule has 1 atom stereocenters. The van der Waals surface area contributed by atoms with Crippen LogP contribution in [-0.4, -0.2) is 12.9 Å². The number of hydrogen-bond donors (Lipinski definition) is 0. The summed E-state index contributed by atoms with van der Waals surface area (Å²) in [6, 6.07) is 14.1. The first kappa shape index (κ1) is 15.8. The van der Waals surface area contributed by atoms with Gasteiger partial charge in [0.2, 0.25) is 0 Å². The fraction of sp³-hybridized carbons (Fsp3) is 0.125. The Morgan fingerprint density at radius 1 is 1.33 bits per heavy atom. The molecule has 2 aromatic carbocycles. The maximum atomic E-state index is 12.6. The molecular formula is C16H11ClINO2. The van der Waals surface area contributed by atoms with Crippen molar-refractivity contribution < 1.29 is 9.53 Å². The molecule has 0 saturated carbocycles. The van der Waals surface area contributed by atoms with Crippen LogP contribution in [0, 0.1) is 14.9 Å². The molecule has 0 fully saturated rings. The summed E-state index contributed by atoms with van der Waals surface area (Å²) in [6.45, 7) is 0. The number of halogens is 2. The molecule has 0 bridgehead atoms. The van der Waals surface area contributed by atoms with Crippen molar-refractivity contribution in [2.45, 2.75) is 5.92 Å². The van der Waals surface area contributed by atoms with Gasteiger partial charge >= 0.3 is 0 Å². The number of benzene rings is 2. The quantitative estimate of drug-likeness (QED) is 0.552. The Labute approximate surface area is 141 Å². The molecule has 21 heavy (non-hydrogen) atoms. The zero-order valence-corrected chi connectivity index (χ0v) is 14.1. The summed E-state index contributed by atoms with van der Waals surface area (Å²) in [7, 11) is 1.54. The fourth-order valence-electron chi connectivity index (χ4n) is 1.95. The Morgan fingerprint density at radius 2 is 2.10 bits per heavy atom. The first-order valence-corrected chi connectivity index (χ1v) is 7.55. The van der Waals surface area contributed by atoms with Crippen LogP contribution in [0.4, 0.5) is 0 Å². The van der Waals surface area contributed by atoms with Gasteiger partial charge in [0.25, 0.3) is 0 Å². The SMILES string of the molecule is COc1cccc(C(C#N)C(=O)c2cc(Cl)ccc2I)c1. The van der Waals surface area contributed by atoms with Crippen LogP contribution in [0.2, 0.25) is 5.02 Å². The van der Waals surface area contributed by atoms with Crippen LogP contribution < -0.4 is 4.74 Å². The number of carbonyl (C=O) groups excluding carboxylic acids is 1. The topological polar surface area (TPSA) is 50.1 Å². The van der Waals surface area contributed by atoms with Gasteiger partial charge in [-0.25, -0.2) is 0 Å². The van der Waals surface area contributed by atoms with Crippen molar-refractivity contribution in [3.05, 3.63) is 62.2 Å². The molecule has 0 aliphatic heterocycles. The fourth-order valence-corrected chi connectivity index (χ4v) is 2.72. The van der Waals surface area contributed by atoms with Crippen molar-refractivity contribution in [2.24, 2.45) is 0 Å². The van der Waals surface area contributed by atoms with Crippen LogP contribution in [0.15, 0.2) is 42.5 Å². The number of nitrogens with zero attached hydrogens (tertiary/aromatic N) is 1. The predicted octanol–water partition coefficient (Wildman–Crippen LogP) is 4.44. The highest BCUT2D eigenvalue weighted by atomic mass is 127. The number of ether oxygens (including phenoxy) is 1. The van der Waals surface area contributed by atoms with E-state index in [1.807, 2.05) is 0 Å². The molecule has 3 nitrogen and oxygen atoms in total. The molecule has 2 aromatic rings. The Morgan fingerprint density at radius 3 is 2.76 bits per heavy atom. The van der Waals surface area contributed by atoms with Crippen LogP contribution in [0.1, 0.15) is 21.8 Å². The van der Waals surface area contributed by atoms with Crippen molar-refractivity contribution >= 4 is 40.0 Å². The van der Waals surface area contributed by atoms with E-state index >= 15 is 0 Å². The second-order valence-electron chi connectivity index (χ2n) is 4.33. The molecule has 0 amide bonds. The van der Waals surface area contributed by atoms with Gasteiger partial charge in [-0.05, 0) is 58.5 Å². The van der Waals surface area contributed by atoms with Gasteiger partial charge < -0.3 is 4.74 Å². The number of methoxy groups -OCH3 is 1. The van der Waals surface area contributed by atoms with Gasteiger partial charge in [-0.15, -0.1) is 0 Å². The second-order valence-corrected chi connectivity index (χ2v) is 5.93. The van der Waals surface area contributed by atoms with Gasteiger partial charge in [-0.2, -0.15) is 5.26 Å². The number of hydrogen-bond acceptors (Lipinski definition) is 3. The molecule has 0 aliphatic carbocycles. The smallest absolute Gasteiger partial charge is 0.185 e. The lowest BCUT2D eigenvalue weighted by molar-refractivity contribution is 0.0978. The molecule has 0 heterocycles. The standard InChI is InChI=1S/C16H11ClINO2/c1-21-12-4-2-3-10(7-12)14(9-19)16(20)13-8-11(17)5-6-15(13)18/h2-8,14H,1H3. The van der Waals surface area contributed by atoms with Crippen molar-refractivity contribution in [2.75, 3.05) is 7.11 Å². The lowest BCUT2D eigenvalue weighted by Gasteiger charge is -2.11. The third-order valence-electron chi connectivity index (χ3n) is 3.01. The summed E-state index contributed by atoms with van der Waals surface area (Å²) in [5.74, 6) is -0.536. The minimum Gasteiger partial charge on any atom is -0.497 e. The van der Waals surface area contributed by atoms with Crippen LogP contribution in [-0.2, 0) is 0 Å². The first-order chi connectivity index (χ1) is 10.1. The minimum atomic E-state index is -0.882. The Balaban J connectivity index is 2.43. The summed E-state index contributed by atoms with van der Waals surface area (Å²) in [4.78, 5) is 12.6. The van der Waals surface area contributed by atoms with E-state index in [0.717, 1.165) is 3.57 Å². The largest absolute Gasteiger partial charge is 0.497 e. The summed E-state index contributed by atoms with van der Waals surface area (Å²) in [5.41, 5.74) is 1.06. The maximum Gasteiger partial charge on any atom is 0.185 e. The normalized spacial score (nSPS) is 11.5. The van der Waals surface area contributed by atoms with E-state index in [1.54, 1.807) is 49.6 Å². The van der Waals surface area contributed by atoms with E-state index in [1.165, 1.54) is 0 Å². The molecule has 5 heteroatoms. The van der Waals surface area contributed by atoms with Crippen LogP contribution in [0.3, 0.4) is 0 Å². The molecule has 0 spiro atoms. The number of Topliss-reactive ketones (excluding diaryl/α,β-unsaturated/α-hetero) is 1. The molecule has 0 saturated heterocycles.